The van der Waals surface area contributed by atoms with Gasteiger partial charge in [0.05, 0.1) is 5.57 Å². The molecular weight excluding hydrogens is 140 g/mol. The lowest BCUT2D eigenvalue weighted by atomic mass is 10.2. The Labute approximate surface area is 58.4 Å². The molecule has 0 amide bonds. The number of carboxylic acid groups (broad SMARTS) is 1. The van der Waals surface area contributed by atoms with E-state index in [0.29, 0.717) is 6.42 Å². The minimum atomic E-state index is -0.995. The summed E-state index contributed by atoms with van der Waals surface area (Å²) in [5, 5.41) is 8.30. The van der Waals surface area contributed by atoms with Crippen LogP contribution in [0.5, 0.6) is 0 Å². The number of allylic oxidation sites excluding steroid dienone is 1. The van der Waals surface area contributed by atoms with Gasteiger partial charge in [0.15, 0.2) is 0 Å². The van der Waals surface area contributed by atoms with Gasteiger partial charge < -0.3 is 5.11 Å². The van der Waals surface area contributed by atoms with Crippen LogP contribution in [0.4, 0.5) is 0 Å². The molecule has 1 N–H and O–H groups in total. The van der Waals surface area contributed by atoms with Crippen LogP contribution < -0.4 is 0 Å². The van der Waals surface area contributed by atoms with Crippen LogP contribution in [-0.2, 0) is 4.79 Å². The number of carbonyl (C=O) groups is 1. The Balaban J connectivity index is 4.00. The lowest BCUT2D eigenvalue weighted by molar-refractivity contribution is -0.132. The Hall–Kier alpha value is -0.760. The highest BCUT2D eigenvalue weighted by Gasteiger charge is 2.01. The average molecular weight is 147 g/mol. The van der Waals surface area contributed by atoms with Crippen LogP contribution >= 0.6 is 11.6 Å². The zero-order chi connectivity index (χ0) is 7.28. The van der Waals surface area contributed by atoms with Crippen LogP contribution in [0.1, 0.15) is 6.42 Å². The quantitative estimate of drug-likeness (QED) is 0.487. The molecule has 0 saturated carbocycles. The highest BCUT2D eigenvalue weighted by atomic mass is 35.5. The molecule has 0 radical (unpaired) electrons. The minimum Gasteiger partial charge on any atom is -0.478 e. The molecule has 3 heteroatoms. The van der Waals surface area contributed by atoms with Crippen LogP contribution in [-0.4, -0.2) is 11.1 Å². The number of rotatable bonds is 3. The van der Waals surface area contributed by atoms with Gasteiger partial charge in [-0.15, -0.1) is 6.58 Å². The second-order valence-electron chi connectivity index (χ2n) is 1.43. The SMILES string of the molecule is C=CC/C(=C/Cl)C(=O)O. The van der Waals surface area contributed by atoms with Crippen LogP contribution in [0.15, 0.2) is 23.8 Å². The van der Waals surface area contributed by atoms with E-state index in [1.807, 2.05) is 0 Å². The van der Waals surface area contributed by atoms with Gasteiger partial charge in [0.2, 0.25) is 0 Å². The van der Waals surface area contributed by atoms with Gasteiger partial charge in [0.25, 0.3) is 0 Å². The van der Waals surface area contributed by atoms with E-state index in [-0.39, 0.29) is 5.57 Å². The molecule has 2 nitrogen and oxygen atoms in total. The van der Waals surface area contributed by atoms with Gasteiger partial charge in [0.1, 0.15) is 0 Å². The number of carboxylic acids is 1. The normalized spacial score (nSPS) is 11.0. The molecule has 9 heavy (non-hydrogen) atoms. The van der Waals surface area contributed by atoms with Crippen LogP contribution in [0, 0.1) is 0 Å². The van der Waals surface area contributed by atoms with E-state index in [9.17, 15) is 4.79 Å². The predicted molar refractivity (Wildman–Crippen MR) is 36.4 cm³/mol. The summed E-state index contributed by atoms with van der Waals surface area (Å²) in [7, 11) is 0. The molecule has 0 aliphatic heterocycles. The van der Waals surface area contributed by atoms with Crippen molar-refractivity contribution in [2.45, 2.75) is 6.42 Å². The van der Waals surface area contributed by atoms with Gasteiger partial charge in [-0.2, -0.15) is 0 Å². The molecule has 0 rings (SSSR count). The first-order valence-electron chi connectivity index (χ1n) is 2.35. The molecule has 0 aliphatic rings. The summed E-state index contributed by atoms with van der Waals surface area (Å²) >= 11 is 5.15. The standard InChI is InChI=1S/C6H7ClO2/c1-2-3-5(4-7)6(8)9/h2,4H,1,3H2,(H,8,9)/b5-4-. The summed E-state index contributed by atoms with van der Waals surface area (Å²) in [6.45, 7) is 3.37. The maximum atomic E-state index is 10.1. The highest BCUT2D eigenvalue weighted by Crippen LogP contribution is 2.02. The third-order valence-electron chi connectivity index (χ3n) is 0.771. The third-order valence-corrected chi connectivity index (χ3v) is 1.03. The summed E-state index contributed by atoms with van der Waals surface area (Å²) in [4.78, 5) is 10.1. The molecule has 0 bridgehead atoms. The number of halogens is 1. The van der Waals surface area contributed by atoms with Gasteiger partial charge in [-0.05, 0) is 6.42 Å². The van der Waals surface area contributed by atoms with Gasteiger partial charge in [-0.1, -0.05) is 17.7 Å². The lowest BCUT2D eigenvalue weighted by Gasteiger charge is -1.91. The highest BCUT2D eigenvalue weighted by molar-refractivity contribution is 6.27. The molecule has 0 aromatic heterocycles. The summed E-state index contributed by atoms with van der Waals surface area (Å²) in [5.74, 6) is -0.995. The Morgan fingerprint density at radius 1 is 1.78 bits per heavy atom. The fourth-order valence-electron chi connectivity index (χ4n) is 0.334. The predicted octanol–water partition coefficient (Wildman–Crippen LogP) is 1.77. The maximum absolute atomic E-state index is 10.1. The van der Waals surface area contributed by atoms with E-state index in [2.05, 4.69) is 6.58 Å². The van der Waals surface area contributed by atoms with Crippen molar-refractivity contribution >= 4 is 17.6 Å². The van der Waals surface area contributed by atoms with Crippen molar-refractivity contribution in [3.8, 4) is 0 Å². The van der Waals surface area contributed by atoms with Crippen LogP contribution in [0.25, 0.3) is 0 Å². The zero-order valence-electron chi connectivity index (χ0n) is 4.80. The fourth-order valence-corrected chi connectivity index (χ4v) is 0.516. The maximum Gasteiger partial charge on any atom is 0.332 e. The van der Waals surface area contributed by atoms with Crippen molar-refractivity contribution in [3.63, 3.8) is 0 Å². The molecule has 0 aliphatic carbocycles. The van der Waals surface area contributed by atoms with Gasteiger partial charge >= 0.3 is 5.97 Å². The molecule has 0 spiro atoms. The first-order valence-corrected chi connectivity index (χ1v) is 2.79. The first kappa shape index (κ1) is 8.24. The second-order valence-corrected chi connectivity index (χ2v) is 1.65. The summed E-state index contributed by atoms with van der Waals surface area (Å²) in [6.07, 6.45) is 1.79. The molecule has 0 saturated heterocycles. The molecule has 0 heterocycles. The second kappa shape index (κ2) is 4.15. The minimum absolute atomic E-state index is 0.159. The summed E-state index contributed by atoms with van der Waals surface area (Å²) in [5.41, 5.74) is 1.20. The van der Waals surface area contributed by atoms with E-state index < -0.39 is 5.97 Å². The van der Waals surface area contributed by atoms with Gasteiger partial charge in [0, 0.05) is 5.54 Å². The summed E-state index contributed by atoms with van der Waals surface area (Å²) in [6, 6.07) is 0. The fraction of sp³-hybridized carbons (Fsp3) is 0.167. The van der Waals surface area contributed by atoms with Crippen molar-refractivity contribution in [2.75, 3.05) is 0 Å². The number of aliphatic carboxylic acids is 1. The molecule has 0 aromatic rings. The monoisotopic (exact) mass is 146 g/mol. The van der Waals surface area contributed by atoms with Crippen molar-refractivity contribution in [1.82, 2.24) is 0 Å². The van der Waals surface area contributed by atoms with E-state index in [4.69, 9.17) is 16.7 Å². The third kappa shape index (κ3) is 2.93. The molecular formula is C6H7ClO2. The van der Waals surface area contributed by atoms with E-state index in [0.717, 1.165) is 5.54 Å². The first-order chi connectivity index (χ1) is 4.22. The Morgan fingerprint density at radius 2 is 2.33 bits per heavy atom. The van der Waals surface area contributed by atoms with E-state index in [1.54, 1.807) is 0 Å². The van der Waals surface area contributed by atoms with Crippen LogP contribution in [0.3, 0.4) is 0 Å². The van der Waals surface area contributed by atoms with Gasteiger partial charge in [-0.3, -0.25) is 0 Å². The van der Waals surface area contributed by atoms with Crippen LogP contribution in [0.2, 0.25) is 0 Å². The molecule has 0 aromatic carbocycles. The molecule has 50 valence electrons. The molecule has 0 fully saturated rings. The summed E-state index contributed by atoms with van der Waals surface area (Å²) < 4.78 is 0. The van der Waals surface area contributed by atoms with Crippen molar-refractivity contribution in [3.05, 3.63) is 23.8 Å². The topological polar surface area (TPSA) is 37.3 Å². The number of hydrogen-bond donors (Lipinski definition) is 1. The molecule has 0 unspecified atom stereocenters. The Morgan fingerprint density at radius 3 is 2.44 bits per heavy atom. The number of hydrogen-bond acceptors (Lipinski definition) is 1. The van der Waals surface area contributed by atoms with E-state index in [1.165, 1.54) is 6.08 Å². The smallest absolute Gasteiger partial charge is 0.332 e. The lowest BCUT2D eigenvalue weighted by Crippen LogP contribution is -1.97. The molecule has 0 atom stereocenters. The van der Waals surface area contributed by atoms with Crippen molar-refractivity contribution in [2.24, 2.45) is 0 Å². The average Bonchev–Trinajstić information content (AvgIpc) is 1.82. The zero-order valence-corrected chi connectivity index (χ0v) is 5.56. The van der Waals surface area contributed by atoms with Gasteiger partial charge in [-0.25, -0.2) is 4.79 Å². The van der Waals surface area contributed by atoms with E-state index >= 15 is 0 Å². The largest absolute Gasteiger partial charge is 0.478 e. The van der Waals surface area contributed by atoms with Crippen molar-refractivity contribution in [1.29, 1.82) is 0 Å². The van der Waals surface area contributed by atoms with Crippen molar-refractivity contribution < 1.29 is 9.90 Å². The Bertz CT molecular complexity index is 149. The Kier molecular flexibility index (Phi) is 3.80.